The van der Waals surface area contributed by atoms with Gasteiger partial charge in [-0.25, -0.2) is 13.2 Å². The topological polar surface area (TPSA) is 133 Å². The van der Waals surface area contributed by atoms with E-state index in [1.807, 2.05) is 0 Å². The number of rotatable bonds is 9. The molecule has 0 unspecified atom stereocenters. The van der Waals surface area contributed by atoms with Gasteiger partial charge in [0, 0.05) is 38.2 Å². The van der Waals surface area contributed by atoms with Crippen molar-refractivity contribution in [1.82, 2.24) is 15.1 Å². The molecule has 220 valence electrons. The summed E-state index contributed by atoms with van der Waals surface area (Å²) in [5.74, 6) is -1.25. The lowest BCUT2D eigenvalue weighted by atomic mass is 10.00. The van der Waals surface area contributed by atoms with E-state index in [2.05, 4.69) is 5.32 Å². The number of carbonyl (C=O) groups is 2. The first-order valence-electron chi connectivity index (χ1n) is 12.2. The van der Waals surface area contributed by atoms with E-state index >= 15 is 0 Å². The largest absolute Gasteiger partial charge is 0.465 e. The van der Waals surface area contributed by atoms with Gasteiger partial charge in [0.15, 0.2) is 9.84 Å². The standard InChI is InChI=1S/C25H29Cl2F3N4O5S/c1-3-40(38,39)20-5-4-16(26)8-15(20)10-32-23(35)17-9-19(25(28,29)30)18(21(27)22(17)31)13-34-7-6-14(12-34)11-33(2)24(36)37/h4-5,8-9,14H,3,6-7,10-13,31H2,1-2H3,(H,32,35)(H,36,37)/t14-/m1/s1. The number of alkyl halides is 3. The van der Waals surface area contributed by atoms with Crippen LogP contribution in [0.4, 0.5) is 23.7 Å². The van der Waals surface area contributed by atoms with Crippen LogP contribution in [0.3, 0.4) is 0 Å². The molecule has 3 rings (SSSR count). The number of likely N-dealkylation sites (tertiary alicyclic amines) is 1. The number of nitrogen functional groups attached to an aromatic ring is 1. The van der Waals surface area contributed by atoms with Crippen molar-refractivity contribution in [2.24, 2.45) is 5.92 Å². The molecule has 1 aliphatic heterocycles. The molecule has 0 aromatic heterocycles. The third-order valence-corrected chi connectivity index (χ3v) is 9.24. The molecule has 0 spiro atoms. The van der Waals surface area contributed by atoms with Gasteiger partial charge in [-0.3, -0.25) is 9.69 Å². The molecule has 1 fully saturated rings. The average Bonchev–Trinajstić information content (AvgIpc) is 3.31. The zero-order valence-electron chi connectivity index (χ0n) is 21.7. The third kappa shape index (κ3) is 7.31. The molecule has 40 heavy (non-hydrogen) atoms. The Balaban J connectivity index is 1.87. The van der Waals surface area contributed by atoms with Crippen LogP contribution in [-0.4, -0.2) is 67.8 Å². The van der Waals surface area contributed by atoms with Gasteiger partial charge in [-0.1, -0.05) is 30.1 Å². The molecule has 0 aliphatic carbocycles. The van der Waals surface area contributed by atoms with Crippen LogP contribution in [0.2, 0.25) is 10.0 Å². The summed E-state index contributed by atoms with van der Waals surface area (Å²) in [4.78, 5) is 26.9. The highest BCUT2D eigenvalue weighted by Gasteiger charge is 2.38. The summed E-state index contributed by atoms with van der Waals surface area (Å²) in [7, 11) is -2.25. The predicted molar refractivity (Wildman–Crippen MR) is 145 cm³/mol. The highest BCUT2D eigenvalue weighted by molar-refractivity contribution is 7.91. The molecule has 0 bridgehead atoms. The zero-order valence-corrected chi connectivity index (χ0v) is 24.0. The van der Waals surface area contributed by atoms with Crippen LogP contribution in [0.5, 0.6) is 0 Å². The Morgan fingerprint density at radius 2 is 1.93 bits per heavy atom. The molecule has 4 N–H and O–H groups in total. The first kappa shape index (κ1) is 31.8. The maximum absolute atomic E-state index is 14.1. The van der Waals surface area contributed by atoms with Gasteiger partial charge in [0.2, 0.25) is 0 Å². The molecule has 2 aromatic rings. The minimum absolute atomic E-state index is 0.0597. The van der Waals surface area contributed by atoms with E-state index in [4.69, 9.17) is 34.0 Å². The Kier molecular flexibility index (Phi) is 9.86. The molecule has 1 heterocycles. The van der Waals surface area contributed by atoms with E-state index in [1.54, 1.807) is 4.90 Å². The van der Waals surface area contributed by atoms with E-state index in [-0.39, 0.29) is 58.0 Å². The van der Waals surface area contributed by atoms with Gasteiger partial charge in [0.25, 0.3) is 5.91 Å². The number of nitrogens with one attached hydrogen (secondary N) is 1. The van der Waals surface area contributed by atoms with Crippen molar-refractivity contribution in [3.8, 4) is 0 Å². The van der Waals surface area contributed by atoms with Gasteiger partial charge in [0.05, 0.1) is 32.5 Å². The first-order valence-corrected chi connectivity index (χ1v) is 14.6. The minimum Gasteiger partial charge on any atom is -0.465 e. The van der Waals surface area contributed by atoms with Crippen LogP contribution >= 0.6 is 23.2 Å². The number of nitrogens with zero attached hydrogens (tertiary/aromatic N) is 2. The fourth-order valence-electron chi connectivity index (χ4n) is 4.61. The molecule has 15 heteroatoms. The van der Waals surface area contributed by atoms with Gasteiger partial charge in [0.1, 0.15) is 0 Å². The Morgan fingerprint density at radius 3 is 2.52 bits per heavy atom. The third-order valence-electron chi connectivity index (χ3n) is 6.74. The molecule has 9 nitrogen and oxygen atoms in total. The van der Waals surface area contributed by atoms with E-state index in [1.165, 1.54) is 32.2 Å². The van der Waals surface area contributed by atoms with Crippen molar-refractivity contribution in [2.75, 3.05) is 38.2 Å². The number of carbonyl (C=O) groups excluding carboxylic acids is 1. The lowest BCUT2D eigenvalue weighted by Crippen LogP contribution is -2.32. The second-order valence-electron chi connectivity index (χ2n) is 9.57. The summed E-state index contributed by atoms with van der Waals surface area (Å²) in [6.07, 6.45) is -5.37. The van der Waals surface area contributed by atoms with Crippen LogP contribution < -0.4 is 11.1 Å². The molecule has 2 aromatic carbocycles. The molecule has 0 saturated carbocycles. The van der Waals surface area contributed by atoms with Crippen LogP contribution in [0, 0.1) is 5.92 Å². The second kappa shape index (κ2) is 12.4. The number of carboxylic acid groups (broad SMARTS) is 1. The summed E-state index contributed by atoms with van der Waals surface area (Å²) in [6.45, 7) is 1.93. The number of anilines is 1. The summed E-state index contributed by atoms with van der Waals surface area (Å²) >= 11 is 12.3. The normalized spacial score (nSPS) is 16.2. The number of nitrogens with two attached hydrogens (primary N) is 1. The van der Waals surface area contributed by atoms with Crippen molar-refractivity contribution < 1.29 is 36.3 Å². The fourth-order valence-corrected chi connectivity index (χ4v) is 6.19. The molecule has 1 atom stereocenters. The lowest BCUT2D eigenvalue weighted by molar-refractivity contribution is -0.138. The number of hydrogen-bond donors (Lipinski definition) is 3. The van der Waals surface area contributed by atoms with E-state index < -0.39 is 44.2 Å². The summed E-state index contributed by atoms with van der Waals surface area (Å²) in [5, 5.41) is 11.3. The smallest absolute Gasteiger partial charge is 0.416 e. The van der Waals surface area contributed by atoms with Crippen molar-refractivity contribution >= 4 is 50.7 Å². The Hall–Kier alpha value is -2.74. The maximum Gasteiger partial charge on any atom is 0.416 e. The summed E-state index contributed by atoms with van der Waals surface area (Å²) < 4.78 is 67.3. The number of halogens is 5. The Labute approximate surface area is 239 Å². The van der Waals surface area contributed by atoms with Crippen molar-refractivity contribution in [1.29, 1.82) is 0 Å². The highest BCUT2D eigenvalue weighted by Crippen LogP contribution is 2.40. The molecular weight excluding hydrogens is 596 g/mol. The second-order valence-corrected chi connectivity index (χ2v) is 12.6. The first-order chi connectivity index (χ1) is 18.5. The van der Waals surface area contributed by atoms with Gasteiger partial charge >= 0.3 is 12.3 Å². The van der Waals surface area contributed by atoms with Crippen molar-refractivity contribution in [2.45, 2.75) is 37.5 Å². The number of benzene rings is 2. The Morgan fingerprint density at radius 1 is 1.25 bits per heavy atom. The zero-order chi connectivity index (χ0) is 30.0. The van der Waals surface area contributed by atoms with Crippen LogP contribution in [-0.2, 0) is 29.1 Å². The SMILES string of the molecule is CCS(=O)(=O)c1ccc(Cl)cc1CNC(=O)c1cc(C(F)(F)F)c(CN2CC[C@H](CN(C)C(=O)O)C2)c(Cl)c1N. The quantitative estimate of drug-likeness (QED) is 0.343. The molecule has 1 saturated heterocycles. The molecule has 1 aliphatic rings. The number of hydrogen-bond acceptors (Lipinski definition) is 6. The van der Waals surface area contributed by atoms with Crippen molar-refractivity contribution in [3.05, 3.63) is 56.6 Å². The maximum atomic E-state index is 14.1. The van der Waals surface area contributed by atoms with Gasteiger partial charge in [-0.15, -0.1) is 0 Å². The summed E-state index contributed by atoms with van der Waals surface area (Å²) in [5.41, 5.74) is 3.93. The molecule has 0 radical (unpaired) electrons. The Bertz CT molecular complexity index is 1410. The molecular formula is C25H29Cl2F3N4O5S. The highest BCUT2D eigenvalue weighted by atomic mass is 35.5. The predicted octanol–water partition coefficient (Wildman–Crippen LogP) is 4.75. The van der Waals surface area contributed by atoms with Crippen LogP contribution in [0.15, 0.2) is 29.2 Å². The lowest BCUT2D eigenvalue weighted by Gasteiger charge is -2.23. The fraction of sp³-hybridized carbons (Fsp3) is 0.440. The van der Waals surface area contributed by atoms with Crippen LogP contribution in [0.25, 0.3) is 0 Å². The van der Waals surface area contributed by atoms with E-state index in [9.17, 15) is 31.2 Å². The summed E-state index contributed by atoms with van der Waals surface area (Å²) in [6, 6.07) is 4.67. The molecule has 2 amide bonds. The minimum atomic E-state index is -4.86. The number of sulfone groups is 1. The van der Waals surface area contributed by atoms with E-state index in [0.717, 1.165) is 4.90 Å². The van der Waals surface area contributed by atoms with E-state index in [0.29, 0.717) is 25.6 Å². The van der Waals surface area contributed by atoms with Gasteiger partial charge in [-0.05, 0) is 54.3 Å². The average molecular weight is 625 g/mol. The van der Waals surface area contributed by atoms with Crippen LogP contribution in [0.1, 0.15) is 40.4 Å². The van der Waals surface area contributed by atoms with Gasteiger partial charge in [-0.2, -0.15) is 13.2 Å². The van der Waals surface area contributed by atoms with Gasteiger partial charge < -0.3 is 21.1 Å². The monoisotopic (exact) mass is 624 g/mol. The number of amides is 2. The van der Waals surface area contributed by atoms with Crippen molar-refractivity contribution in [3.63, 3.8) is 0 Å².